The number of para-hydroxylation sites is 1. The molecule has 0 bridgehead atoms. The van der Waals surface area contributed by atoms with E-state index < -0.39 is 5.97 Å². The molecular weight excluding hydrogens is 218 g/mol. The lowest BCUT2D eigenvalue weighted by molar-refractivity contribution is 0.0699. The van der Waals surface area contributed by atoms with E-state index >= 15 is 0 Å². The summed E-state index contributed by atoms with van der Waals surface area (Å²) >= 11 is 0. The Balaban J connectivity index is 2.11. The molecule has 0 spiro atoms. The van der Waals surface area contributed by atoms with Crippen LogP contribution < -0.4 is 0 Å². The van der Waals surface area contributed by atoms with E-state index in [9.17, 15) is 4.79 Å². The molecule has 0 radical (unpaired) electrons. The van der Waals surface area contributed by atoms with Crippen LogP contribution in [0.4, 0.5) is 0 Å². The van der Waals surface area contributed by atoms with Crippen LogP contribution in [0.5, 0.6) is 0 Å². The highest BCUT2D eigenvalue weighted by molar-refractivity contribution is 6.00. The summed E-state index contributed by atoms with van der Waals surface area (Å²) in [5, 5.41) is 9.08. The number of hydrogen-bond acceptors (Lipinski definition) is 3. The number of hydrogen-bond donors (Lipinski definition) is 1. The van der Waals surface area contributed by atoms with Crippen LogP contribution in [0.3, 0.4) is 0 Å². The molecule has 0 atom stereocenters. The molecular formula is C13H13NO3. The minimum absolute atomic E-state index is 0.218. The lowest BCUT2D eigenvalue weighted by atomic mass is 10.1. The van der Waals surface area contributed by atoms with E-state index in [0.29, 0.717) is 22.9 Å². The van der Waals surface area contributed by atoms with Crippen molar-refractivity contribution in [3.63, 3.8) is 0 Å². The number of fused-ring (bicyclic) bond motifs is 1. The third-order valence-corrected chi connectivity index (χ3v) is 3.37. The molecule has 1 N–H and O–H groups in total. The predicted molar refractivity (Wildman–Crippen MR) is 62.2 cm³/mol. The number of aromatic nitrogens is 1. The first kappa shape index (κ1) is 10.3. The number of carbonyl (C=O) groups is 1. The van der Waals surface area contributed by atoms with Gasteiger partial charge in [0, 0.05) is 5.92 Å². The zero-order valence-electron chi connectivity index (χ0n) is 9.35. The van der Waals surface area contributed by atoms with Gasteiger partial charge in [-0.3, -0.25) is 0 Å². The first-order valence-electron chi connectivity index (χ1n) is 5.88. The van der Waals surface area contributed by atoms with Crippen LogP contribution in [0, 0.1) is 0 Å². The maximum absolute atomic E-state index is 11.1. The predicted octanol–water partition coefficient (Wildman–Crippen LogP) is 3.18. The van der Waals surface area contributed by atoms with Crippen LogP contribution in [-0.4, -0.2) is 16.1 Å². The van der Waals surface area contributed by atoms with E-state index in [0.717, 1.165) is 12.8 Å². The summed E-state index contributed by atoms with van der Waals surface area (Å²) in [6.07, 6.45) is 4.59. The Morgan fingerprint density at radius 2 is 2.12 bits per heavy atom. The molecule has 4 nitrogen and oxygen atoms in total. The molecule has 1 heterocycles. The summed E-state index contributed by atoms with van der Waals surface area (Å²) in [5.41, 5.74) is 1.27. The molecule has 0 amide bonds. The van der Waals surface area contributed by atoms with E-state index in [1.54, 1.807) is 18.2 Å². The summed E-state index contributed by atoms with van der Waals surface area (Å²) < 4.78 is 5.67. The normalized spacial score (nSPS) is 16.7. The second-order valence-corrected chi connectivity index (χ2v) is 4.49. The van der Waals surface area contributed by atoms with Crippen molar-refractivity contribution in [3.05, 3.63) is 29.7 Å². The molecule has 1 aliphatic carbocycles. The van der Waals surface area contributed by atoms with Crippen LogP contribution in [0.25, 0.3) is 11.1 Å². The Hall–Kier alpha value is -1.84. The summed E-state index contributed by atoms with van der Waals surface area (Å²) in [6.45, 7) is 0. The fraction of sp³-hybridized carbons (Fsp3) is 0.385. The maximum Gasteiger partial charge on any atom is 0.338 e. The van der Waals surface area contributed by atoms with Crippen molar-refractivity contribution in [2.24, 2.45) is 0 Å². The topological polar surface area (TPSA) is 63.3 Å². The second-order valence-electron chi connectivity index (χ2n) is 4.49. The molecule has 1 fully saturated rings. The van der Waals surface area contributed by atoms with E-state index in [1.165, 1.54) is 12.8 Å². The van der Waals surface area contributed by atoms with Crippen molar-refractivity contribution in [2.45, 2.75) is 31.6 Å². The molecule has 2 aromatic rings. The number of benzene rings is 1. The highest BCUT2D eigenvalue weighted by Crippen LogP contribution is 2.35. The largest absolute Gasteiger partial charge is 0.478 e. The number of carboxylic acid groups (broad SMARTS) is 1. The van der Waals surface area contributed by atoms with E-state index in [4.69, 9.17) is 9.52 Å². The number of carboxylic acids is 1. The molecule has 1 aliphatic rings. The highest BCUT2D eigenvalue weighted by atomic mass is 16.4. The van der Waals surface area contributed by atoms with Gasteiger partial charge in [0.15, 0.2) is 11.5 Å². The first-order chi connectivity index (χ1) is 8.25. The van der Waals surface area contributed by atoms with Gasteiger partial charge in [-0.15, -0.1) is 0 Å². The highest BCUT2D eigenvalue weighted by Gasteiger charge is 2.23. The molecule has 4 heteroatoms. The molecule has 1 aromatic carbocycles. The third kappa shape index (κ3) is 1.69. The van der Waals surface area contributed by atoms with Gasteiger partial charge in [-0.2, -0.15) is 0 Å². The smallest absolute Gasteiger partial charge is 0.338 e. The lowest BCUT2D eigenvalue weighted by Crippen LogP contribution is -1.97. The van der Waals surface area contributed by atoms with Crippen molar-refractivity contribution in [3.8, 4) is 0 Å². The van der Waals surface area contributed by atoms with Gasteiger partial charge in [0.25, 0.3) is 0 Å². The fourth-order valence-corrected chi connectivity index (χ4v) is 2.49. The number of nitrogens with zero attached hydrogens (tertiary/aromatic N) is 1. The average Bonchev–Trinajstić information content (AvgIpc) is 2.96. The molecule has 0 saturated heterocycles. The molecule has 1 aromatic heterocycles. The monoisotopic (exact) mass is 231 g/mol. The van der Waals surface area contributed by atoms with E-state index in [1.807, 2.05) is 0 Å². The van der Waals surface area contributed by atoms with Crippen molar-refractivity contribution >= 4 is 17.1 Å². The van der Waals surface area contributed by atoms with Gasteiger partial charge >= 0.3 is 5.97 Å². The third-order valence-electron chi connectivity index (χ3n) is 3.37. The van der Waals surface area contributed by atoms with Crippen molar-refractivity contribution in [1.29, 1.82) is 0 Å². The van der Waals surface area contributed by atoms with Crippen LogP contribution >= 0.6 is 0 Å². The molecule has 17 heavy (non-hydrogen) atoms. The molecule has 1 saturated carbocycles. The van der Waals surface area contributed by atoms with Gasteiger partial charge in [0.1, 0.15) is 5.52 Å². The molecule has 3 rings (SSSR count). The van der Waals surface area contributed by atoms with Crippen molar-refractivity contribution in [2.75, 3.05) is 0 Å². The molecule has 0 unspecified atom stereocenters. The van der Waals surface area contributed by atoms with Gasteiger partial charge in [-0.05, 0) is 25.0 Å². The van der Waals surface area contributed by atoms with Crippen LogP contribution in [0.1, 0.15) is 47.8 Å². The van der Waals surface area contributed by atoms with Crippen molar-refractivity contribution < 1.29 is 14.3 Å². The quantitative estimate of drug-likeness (QED) is 0.862. The second kappa shape index (κ2) is 3.87. The Morgan fingerprint density at radius 1 is 1.35 bits per heavy atom. The standard InChI is InChI=1S/C13H13NO3/c15-13(16)9-6-3-7-10-11(9)14-12(17-10)8-4-1-2-5-8/h3,6-8H,1-2,4-5H2,(H,15,16). The summed E-state index contributed by atoms with van der Waals surface area (Å²) in [7, 11) is 0. The first-order valence-corrected chi connectivity index (χ1v) is 5.88. The molecule has 0 aliphatic heterocycles. The SMILES string of the molecule is O=C(O)c1cccc2oc(C3CCCC3)nc12. The Morgan fingerprint density at radius 3 is 2.82 bits per heavy atom. The summed E-state index contributed by atoms with van der Waals surface area (Å²) in [5.74, 6) is 0.108. The van der Waals surface area contributed by atoms with Gasteiger partial charge in [-0.25, -0.2) is 9.78 Å². The summed E-state index contributed by atoms with van der Waals surface area (Å²) in [4.78, 5) is 15.4. The Bertz CT molecular complexity index is 567. The average molecular weight is 231 g/mol. The summed E-state index contributed by atoms with van der Waals surface area (Å²) in [6, 6.07) is 5.02. The molecule has 88 valence electrons. The van der Waals surface area contributed by atoms with Crippen molar-refractivity contribution in [1.82, 2.24) is 4.98 Å². The zero-order valence-corrected chi connectivity index (χ0v) is 9.35. The lowest BCUT2D eigenvalue weighted by Gasteiger charge is -2.00. The van der Waals surface area contributed by atoms with Gasteiger partial charge in [-0.1, -0.05) is 18.9 Å². The van der Waals surface area contributed by atoms with Gasteiger partial charge in [0.2, 0.25) is 0 Å². The van der Waals surface area contributed by atoms with Gasteiger partial charge in [0.05, 0.1) is 5.56 Å². The van der Waals surface area contributed by atoms with E-state index in [-0.39, 0.29) is 5.56 Å². The fourth-order valence-electron chi connectivity index (χ4n) is 2.49. The zero-order chi connectivity index (χ0) is 11.8. The Labute approximate surface area is 98.3 Å². The Kier molecular flexibility index (Phi) is 2.35. The van der Waals surface area contributed by atoms with Gasteiger partial charge < -0.3 is 9.52 Å². The maximum atomic E-state index is 11.1. The number of oxazole rings is 1. The van der Waals surface area contributed by atoms with Crippen LogP contribution in [-0.2, 0) is 0 Å². The number of aromatic carboxylic acids is 1. The minimum Gasteiger partial charge on any atom is -0.478 e. The van der Waals surface area contributed by atoms with Crippen LogP contribution in [0.2, 0.25) is 0 Å². The minimum atomic E-state index is -0.957. The van der Waals surface area contributed by atoms with Crippen LogP contribution in [0.15, 0.2) is 22.6 Å². The van der Waals surface area contributed by atoms with E-state index in [2.05, 4.69) is 4.98 Å². The number of rotatable bonds is 2.